The predicted octanol–water partition coefficient (Wildman–Crippen LogP) is 1.77. The molecule has 1 amide bonds. The van der Waals surface area contributed by atoms with Gasteiger partial charge in [-0.2, -0.15) is 0 Å². The number of nitrogens with one attached hydrogen (secondary N) is 1. The van der Waals surface area contributed by atoms with Crippen molar-refractivity contribution in [3.8, 4) is 0 Å². The molecule has 114 valence electrons. The number of hydrogen-bond donors (Lipinski definition) is 1. The smallest absolute Gasteiger partial charge is 0.224 e. The van der Waals surface area contributed by atoms with Crippen molar-refractivity contribution in [1.29, 1.82) is 0 Å². The summed E-state index contributed by atoms with van der Waals surface area (Å²) in [7, 11) is 0. The van der Waals surface area contributed by atoms with Crippen LogP contribution in [0.1, 0.15) is 30.7 Å². The summed E-state index contributed by atoms with van der Waals surface area (Å²) in [6.07, 6.45) is 2.71. The summed E-state index contributed by atoms with van der Waals surface area (Å²) < 4.78 is 5.41. The predicted molar refractivity (Wildman–Crippen MR) is 82.2 cm³/mol. The van der Waals surface area contributed by atoms with Gasteiger partial charge in [0.25, 0.3) is 0 Å². The van der Waals surface area contributed by atoms with E-state index in [4.69, 9.17) is 4.74 Å². The summed E-state index contributed by atoms with van der Waals surface area (Å²) in [4.78, 5) is 14.4. The molecule has 0 aromatic heterocycles. The van der Waals surface area contributed by atoms with Gasteiger partial charge in [-0.05, 0) is 24.3 Å². The molecule has 21 heavy (non-hydrogen) atoms. The summed E-state index contributed by atoms with van der Waals surface area (Å²) in [6.45, 7) is 4.03. The molecule has 0 aliphatic carbocycles. The number of likely N-dealkylation sites (tertiary alicyclic amines) is 1. The maximum atomic E-state index is 12.3. The average Bonchev–Trinajstić information content (AvgIpc) is 2.57. The molecule has 1 unspecified atom stereocenters. The van der Waals surface area contributed by atoms with Gasteiger partial charge in [0.15, 0.2) is 0 Å². The lowest BCUT2D eigenvalue weighted by atomic mass is 9.89. The van der Waals surface area contributed by atoms with Gasteiger partial charge in [0.05, 0.1) is 13.2 Å². The number of rotatable bonds is 3. The normalized spacial score (nSPS) is 24.0. The molecule has 4 heteroatoms. The van der Waals surface area contributed by atoms with Crippen LogP contribution in [0.4, 0.5) is 0 Å². The fourth-order valence-corrected chi connectivity index (χ4v) is 3.28. The molecule has 1 N–H and O–H groups in total. The average molecular weight is 288 g/mol. The van der Waals surface area contributed by atoms with E-state index in [1.54, 1.807) is 0 Å². The molecule has 0 bridgehead atoms. The van der Waals surface area contributed by atoms with E-state index in [-0.39, 0.29) is 11.9 Å². The summed E-state index contributed by atoms with van der Waals surface area (Å²) in [5, 5.41) is 3.35. The van der Waals surface area contributed by atoms with Crippen molar-refractivity contribution in [3.05, 3.63) is 35.9 Å². The van der Waals surface area contributed by atoms with E-state index in [0.717, 1.165) is 39.1 Å². The number of carbonyl (C=O) groups excluding carboxylic acids is 1. The summed E-state index contributed by atoms with van der Waals surface area (Å²) in [6, 6.07) is 10.8. The standard InChI is InChI=1S/C17H24N2O2/c20-17(12-16-13-21-11-8-18-16)19-9-6-15(7-10-19)14-4-2-1-3-5-14/h1-5,15-16,18H,6-13H2. The minimum atomic E-state index is 0.193. The van der Waals surface area contributed by atoms with Gasteiger partial charge < -0.3 is 15.0 Å². The van der Waals surface area contributed by atoms with E-state index in [2.05, 4.69) is 35.6 Å². The maximum Gasteiger partial charge on any atom is 0.224 e. The van der Waals surface area contributed by atoms with E-state index in [0.29, 0.717) is 18.9 Å². The number of hydrogen-bond acceptors (Lipinski definition) is 3. The number of piperidine rings is 1. The molecular weight excluding hydrogens is 264 g/mol. The summed E-state index contributed by atoms with van der Waals surface area (Å²) in [5.74, 6) is 0.871. The lowest BCUT2D eigenvalue weighted by Gasteiger charge is -2.33. The van der Waals surface area contributed by atoms with Crippen LogP contribution in [0.15, 0.2) is 30.3 Å². The highest BCUT2D eigenvalue weighted by molar-refractivity contribution is 5.77. The van der Waals surface area contributed by atoms with E-state index < -0.39 is 0 Å². The van der Waals surface area contributed by atoms with Crippen molar-refractivity contribution >= 4 is 5.91 Å². The quantitative estimate of drug-likeness (QED) is 0.921. The highest BCUT2D eigenvalue weighted by Crippen LogP contribution is 2.28. The van der Waals surface area contributed by atoms with Crippen LogP contribution in [0, 0.1) is 0 Å². The molecule has 2 fully saturated rings. The van der Waals surface area contributed by atoms with Gasteiger partial charge in [0.1, 0.15) is 0 Å². The molecule has 3 rings (SSSR count). The van der Waals surface area contributed by atoms with E-state index in [1.807, 2.05) is 4.90 Å². The first-order valence-electron chi connectivity index (χ1n) is 7.97. The van der Waals surface area contributed by atoms with Gasteiger partial charge >= 0.3 is 0 Å². The Labute approximate surface area is 126 Å². The van der Waals surface area contributed by atoms with Crippen LogP contribution >= 0.6 is 0 Å². The third-order valence-electron chi connectivity index (χ3n) is 4.54. The molecule has 1 aromatic carbocycles. The number of amides is 1. The lowest BCUT2D eigenvalue weighted by molar-refractivity contribution is -0.133. The van der Waals surface area contributed by atoms with E-state index in [1.165, 1.54) is 5.56 Å². The van der Waals surface area contributed by atoms with Gasteiger partial charge in [0, 0.05) is 32.1 Å². The number of benzene rings is 1. The third kappa shape index (κ3) is 3.83. The highest BCUT2D eigenvalue weighted by atomic mass is 16.5. The first-order chi connectivity index (χ1) is 10.3. The zero-order valence-electron chi connectivity index (χ0n) is 12.5. The molecule has 1 atom stereocenters. The van der Waals surface area contributed by atoms with Gasteiger partial charge in [-0.1, -0.05) is 30.3 Å². The molecule has 2 saturated heterocycles. The van der Waals surface area contributed by atoms with E-state index in [9.17, 15) is 4.79 Å². The van der Waals surface area contributed by atoms with Gasteiger partial charge in [-0.3, -0.25) is 4.79 Å². The Morgan fingerprint density at radius 2 is 2.00 bits per heavy atom. The Hall–Kier alpha value is -1.39. The van der Waals surface area contributed by atoms with Crippen molar-refractivity contribution in [3.63, 3.8) is 0 Å². The molecule has 0 spiro atoms. The molecule has 1 aromatic rings. The second kappa shape index (κ2) is 7.05. The zero-order valence-corrected chi connectivity index (χ0v) is 12.5. The monoisotopic (exact) mass is 288 g/mol. The van der Waals surface area contributed by atoms with Crippen LogP contribution in [0.3, 0.4) is 0 Å². The minimum Gasteiger partial charge on any atom is -0.378 e. The first kappa shape index (κ1) is 14.5. The van der Waals surface area contributed by atoms with Gasteiger partial charge in [0.2, 0.25) is 5.91 Å². The van der Waals surface area contributed by atoms with Crippen molar-refractivity contribution < 1.29 is 9.53 Å². The van der Waals surface area contributed by atoms with Crippen LogP contribution in [-0.2, 0) is 9.53 Å². The fourth-order valence-electron chi connectivity index (χ4n) is 3.28. The second-order valence-corrected chi connectivity index (χ2v) is 6.00. The zero-order chi connectivity index (χ0) is 14.5. The Morgan fingerprint density at radius 1 is 1.24 bits per heavy atom. The van der Waals surface area contributed by atoms with Crippen molar-refractivity contribution in [2.45, 2.75) is 31.2 Å². The van der Waals surface area contributed by atoms with Crippen LogP contribution in [0.25, 0.3) is 0 Å². The topological polar surface area (TPSA) is 41.6 Å². The fraction of sp³-hybridized carbons (Fsp3) is 0.588. The SMILES string of the molecule is O=C(CC1COCCN1)N1CCC(c2ccccc2)CC1. The number of carbonyl (C=O) groups is 1. The van der Waals surface area contributed by atoms with Crippen molar-refractivity contribution in [2.75, 3.05) is 32.8 Å². The molecule has 4 nitrogen and oxygen atoms in total. The molecule has 0 saturated carbocycles. The van der Waals surface area contributed by atoms with Gasteiger partial charge in [-0.15, -0.1) is 0 Å². The van der Waals surface area contributed by atoms with Gasteiger partial charge in [-0.25, -0.2) is 0 Å². The molecule has 0 radical (unpaired) electrons. The van der Waals surface area contributed by atoms with Crippen LogP contribution in [0.2, 0.25) is 0 Å². The maximum absolute atomic E-state index is 12.3. The first-order valence-corrected chi connectivity index (χ1v) is 7.97. The largest absolute Gasteiger partial charge is 0.378 e. The molecule has 2 aliphatic heterocycles. The Kier molecular flexibility index (Phi) is 4.88. The highest BCUT2D eigenvalue weighted by Gasteiger charge is 2.26. The Bertz CT molecular complexity index is 449. The van der Waals surface area contributed by atoms with Crippen LogP contribution in [-0.4, -0.2) is 49.7 Å². The third-order valence-corrected chi connectivity index (χ3v) is 4.54. The number of morpholine rings is 1. The second-order valence-electron chi connectivity index (χ2n) is 6.00. The summed E-state index contributed by atoms with van der Waals surface area (Å²) >= 11 is 0. The molecule has 2 heterocycles. The number of ether oxygens (including phenoxy) is 1. The Balaban J connectivity index is 1.47. The molecular formula is C17H24N2O2. The minimum absolute atomic E-state index is 0.193. The van der Waals surface area contributed by atoms with E-state index >= 15 is 0 Å². The number of nitrogens with zero attached hydrogens (tertiary/aromatic N) is 1. The summed E-state index contributed by atoms with van der Waals surface area (Å²) in [5.41, 5.74) is 1.41. The Morgan fingerprint density at radius 3 is 2.67 bits per heavy atom. The van der Waals surface area contributed by atoms with Crippen LogP contribution < -0.4 is 5.32 Å². The van der Waals surface area contributed by atoms with Crippen LogP contribution in [0.5, 0.6) is 0 Å². The van der Waals surface area contributed by atoms with Crippen molar-refractivity contribution in [2.24, 2.45) is 0 Å². The lowest BCUT2D eigenvalue weighted by Crippen LogP contribution is -2.46. The molecule has 2 aliphatic rings. The van der Waals surface area contributed by atoms with Crippen molar-refractivity contribution in [1.82, 2.24) is 10.2 Å².